The van der Waals surface area contributed by atoms with Crippen LogP contribution in [0.25, 0.3) is 5.69 Å². The number of rotatable bonds is 4. The van der Waals surface area contributed by atoms with Gasteiger partial charge >= 0.3 is 0 Å². The van der Waals surface area contributed by atoms with Crippen molar-refractivity contribution in [3.63, 3.8) is 0 Å². The van der Waals surface area contributed by atoms with E-state index in [2.05, 4.69) is 28.6 Å². The van der Waals surface area contributed by atoms with Gasteiger partial charge in [0.25, 0.3) is 0 Å². The molecule has 0 spiro atoms. The molecular weight excluding hydrogens is 238 g/mol. The number of aromatic nitrogens is 3. The number of benzene rings is 1. The van der Waals surface area contributed by atoms with Gasteiger partial charge in [0.2, 0.25) is 0 Å². The molecule has 5 nitrogen and oxygen atoms in total. The van der Waals surface area contributed by atoms with E-state index in [0.29, 0.717) is 6.42 Å². The van der Waals surface area contributed by atoms with Gasteiger partial charge in [-0.05, 0) is 38.6 Å². The summed E-state index contributed by atoms with van der Waals surface area (Å²) in [5.74, 6) is 0. The zero-order valence-electron chi connectivity index (χ0n) is 11.4. The fourth-order valence-electron chi connectivity index (χ4n) is 1.97. The first-order valence-electron chi connectivity index (χ1n) is 6.23. The minimum atomic E-state index is 0.173. The number of hydrogen-bond acceptors (Lipinski definition) is 4. The van der Waals surface area contributed by atoms with Crippen molar-refractivity contribution in [3.05, 3.63) is 41.2 Å². The van der Waals surface area contributed by atoms with Crippen LogP contribution in [0.5, 0.6) is 0 Å². The molecular formula is C14H17N5. The predicted molar refractivity (Wildman–Crippen MR) is 72.9 cm³/mol. The Balaban J connectivity index is 2.32. The molecule has 1 aromatic carbocycles. The summed E-state index contributed by atoms with van der Waals surface area (Å²) in [7, 11) is 1.90. The van der Waals surface area contributed by atoms with Crippen LogP contribution in [0.4, 0.5) is 0 Å². The Kier molecular flexibility index (Phi) is 3.93. The summed E-state index contributed by atoms with van der Waals surface area (Å²) in [6, 6.07) is 10.1. The molecule has 0 aliphatic carbocycles. The van der Waals surface area contributed by atoms with Crippen LogP contribution in [0.3, 0.4) is 0 Å². The molecule has 5 heteroatoms. The molecule has 19 heavy (non-hydrogen) atoms. The van der Waals surface area contributed by atoms with Gasteiger partial charge in [-0.2, -0.15) is 5.26 Å². The third-order valence-electron chi connectivity index (χ3n) is 3.24. The molecule has 0 amide bonds. The predicted octanol–water partition coefficient (Wildman–Crippen LogP) is 1.92. The Morgan fingerprint density at radius 2 is 2.05 bits per heavy atom. The monoisotopic (exact) mass is 255 g/mol. The van der Waals surface area contributed by atoms with E-state index in [1.807, 2.05) is 42.9 Å². The minimum absolute atomic E-state index is 0.173. The first-order chi connectivity index (χ1) is 9.17. The van der Waals surface area contributed by atoms with Gasteiger partial charge in [-0.3, -0.25) is 0 Å². The average molecular weight is 255 g/mol. The summed E-state index contributed by atoms with van der Waals surface area (Å²) in [4.78, 5) is 0. The van der Waals surface area contributed by atoms with E-state index >= 15 is 0 Å². The normalized spacial score (nSPS) is 12.1. The quantitative estimate of drug-likeness (QED) is 0.906. The molecule has 0 saturated heterocycles. The maximum atomic E-state index is 8.66. The van der Waals surface area contributed by atoms with Crippen LogP contribution in [0, 0.1) is 18.3 Å². The zero-order chi connectivity index (χ0) is 13.8. The van der Waals surface area contributed by atoms with Crippen molar-refractivity contribution >= 4 is 0 Å². The molecule has 1 aromatic heterocycles. The van der Waals surface area contributed by atoms with Crippen molar-refractivity contribution in [1.82, 2.24) is 20.3 Å². The lowest BCUT2D eigenvalue weighted by Gasteiger charge is -2.08. The second kappa shape index (κ2) is 5.63. The second-order valence-electron chi connectivity index (χ2n) is 4.48. The van der Waals surface area contributed by atoms with Crippen LogP contribution in [0.2, 0.25) is 0 Å². The molecule has 1 heterocycles. The van der Waals surface area contributed by atoms with Gasteiger partial charge in [-0.15, -0.1) is 5.10 Å². The van der Waals surface area contributed by atoms with Gasteiger partial charge in [-0.25, -0.2) is 4.68 Å². The maximum Gasteiger partial charge on any atom is 0.103 e. The summed E-state index contributed by atoms with van der Waals surface area (Å²) in [6.45, 7) is 4.06. The molecule has 0 aliphatic heterocycles. The highest BCUT2D eigenvalue weighted by Gasteiger charge is 2.14. The van der Waals surface area contributed by atoms with Gasteiger partial charge < -0.3 is 5.32 Å². The summed E-state index contributed by atoms with van der Waals surface area (Å²) >= 11 is 0. The fourth-order valence-corrected chi connectivity index (χ4v) is 1.97. The van der Waals surface area contributed by atoms with Gasteiger partial charge in [0.1, 0.15) is 5.69 Å². The van der Waals surface area contributed by atoms with Crippen LogP contribution in [0.15, 0.2) is 24.3 Å². The Morgan fingerprint density at radius 3 is 2.63 bits per heavy atom. The molecule has 0 bridgehead atoms. The van der Waals surface area contributed by atoms with Crippen LogP contribution in [0.1, 0.15) is 29.9 Å². The van der Waals surface area contributed by atoms with E-state index in [9.17, 15) is 0 Å². The first kappa shape index (κ1) is 13.2. The van der Waals surface area contributed by atoms with Gasteiger partial charge in [0.15, 0.2) is 0 Å². The highest BCUT2D eigenvalue weighted by atomic mass is 15.4. The van der Waals surface area contributed by atoms with E-state index in [0.717, 1.165) is 22.6 Å². The lowest BCUT2D eigenvalue weighted by atomic mass is 10.1. The van der Waals surface area contributed by atoms with Crippen molar-refractivity contribution in [3.8, 4) is 11.8 Å². The first-order valence-corrected chi connectivity index (χ1v) is 6.23. The third-order valence-corrected chi connectivity index (χ3v) is 3.24. The molecule has 1 unspecified atom stereocenters. The summed E-state index contributed by atoms with van der Waals surface area (Å²) in [5.41, 5.74) is 3.94. The number of hydrogen-bond donors (Lipinski definition) is 1. The van der Waals surface area contributed by atoms with Crippen molar-refractivity contribution in [1.29, 1.82) is 5.26 Å². The van der Waals surface area contributed by atoms with E-state index < -0.39 is 0 Å². The topological polar surface area (TPSA) is 66.5 Å². The average Bonchev–Trinajstić information content (AvgIpc) is 2.81. The molecule has 1 N–H and O–H groups in total. The van der Waals surface area contributed by atoms with Crippen LogP contribution in [-0.4, -0.2) is 22.0 Å². The highest BCUT2D eigenvalue weighted by molar-refractivity contribution is 5.36. The van der Waals surface area contributed by atoms with Gasteiger partial charge in [0, 0.05) is 0 Å². The summed E-state index contributed by atoms with van der Waals surface area (Å²) < 4.78 is 1.82. The van der Waals surface area contributed by atoms with Gasteiger partial charge in [0.05, 0.1) is 29.9 Å². The second-order valence-corrected chi connectivity index (χ2v) is 4.48. The largest absolute Gasteiger partial charge is 0.312 e. The zero-order valence-corrected chi connectivity index (χ0v) is 11.4. The molecule has 98 valence electrons. The Hall–Kier alpha value is -2.19. The van der Waals surface area contributed by atoms with E-state index in [4.69, 9.17) is 5.26 Å². The SMILES string of the molecule is CNC(C)c1nnn(-c2ccc(CC#N)cc2)c1C. The van der Waals surface area contributed by atoms with E-state index in [-0.39, 0.29) is 6.04 Å². The highest BCUT2D eigenvalue weighted by Crippen LogP contribution is 2.17. The molecule has 2 aromatic rings. The summed E-state index contributed by atoms with van der Waals surface area (Å²) in [5, 5.41) is 20.2. The fraction of sp³-hybridized carbons (Fsp3) is 0.357. The number of nitriles is 1. The van der Waals surface area contributed by atoms with E-state index in [1.165, 1.54) is 0 Å². The molecule has 0 saturated carbocycles. The van der Waals surface area contributed by atoms with Crippen molar-refractivity contribution in [2.45, 2.75) is 26.3 Å². The minimum Gasteiger partial charge on any atom is -0.312 e. The number of nitrogens with zero attached hydrogens (tertiary/aromatic N) is 4. The Morgan fingerprint density at radius 1 is 1.37 bits per heavy atom. The molecule has 0 fully saturated rings. The third kappa shape index (κ3) is 2.64. The standard InChI is InChI=1S/C14H17N5/c1-10(16-3)14-11(2)19(18-17-14)13-6-4-12(5-7-13)8-9-15/h4-7,10,16H,8H2,1-3H3. The Bertz CT molecular complexity index is 591. The van der Waals surface area contributed by atoms with Crippen molar-refractivity contribution < 1.29 is 0 Å². The molecule has 1 atom stereocenters. The number of nitrogens with one attached hydrogen (secondary N) is 1. The lowest BCUT2D eigenvalue weighted by Crippen LogP contribution is -2.14. The Labute approximate surface area is 112 Å². The summed E-state index contributed by atoms with van der Waals surface area (Å²) in [6.07, 6.45) is 0.429. The van der Waals surface area contributed by atoms with Crippen molar-refractivity contribution in [2.24, 2.45) is 0 Å². The molecule has 0 aliphatic rings. The van der Waals surface area contributed by atoms with Crippen LogP contribution < -0.4 is 5.32 Å². The smallest absolute Gasteiger partial charge is 0.103 e. The molecule has 2 rings (SSSR count). The van der Waals surface area contributed by atoms with Crippen LogP contribution in [-0.2, 0) is 6.42 Å². The lowest BCUT2D eigenvalue weighted by molar-refractivity contribution is 0.627. The molecule has 0 radical (unpaired) electrons. The van der Waals surface area contributed by atoms with Crippen molar-refractivity contribution in [2.75, 3.05) is 7.05 Å². The van der Waals surface area contributed by atoms with E-state index in [1.54, 1.807) is 0 Å². The van der Waals surface area contributed by atoms with Crippen LogP contribution >= 0.6 is 0 Å². The maximum absolute atomic E-state index is 8.66. The van der Waals surface area contributed by atoms with Gasteiger partial charge in [-0.1, -0.05) is 17.3 Å².